The fourth-order valence-electron chi connectivity index (χ4n) is 3.56. The lowest BCUT2D eigenvalue weighted by molar-refractivity contribution is 0.415. The highest BCUT2D eigenvalue weighted by molar-refractivity contribution is 5.62. The predicted octanol–water partition coefficient (Wildman–Crippen LogP) is 4.64. The number of benzene rings is 1. The number of hydrogen-bond acceptors (Lipinski definition) is 5. The van der Waals surface area contributed by atoms with E-state index in [9.17, 15) is 0 Å². The standard InChI is InChI=1S/C22H24FN5/c1-13(2)22-25-9-8-15(28-22)10-18-16(14-4-3-5-14)6-7-17(21(18)23)19-11-27-20(24)12-26-19/h6-9,11-14H,3-5,10H2,1-2H3,(H2,24,27). The van der Waals surface area contributed by atoms with Crippen molar-refractivity contribution < 1.29 is 4.39 Å². The number of nitrogens with zero attached hydrogens (tertiary/aromatic N) is 4. The molecule has 0 aliphatic heterocycles. The van der Waals surface area contributed by atoms with Gasteiger partial charge in [0.1, 0.15) is 17.5 Å². The van der Waals surface area contributed by atoms with Gasteiger partial charge in [0.2, 0.25) is 0 Å². The van der Waals surface area contributed by atoms with E-state index in [1.807, 2.05) is 18.2 Å². The van der Waals surface area contributed by atoms with Crippen molar-refractivity contribution in [3.63, 3.8) is 0 Å². The van der Waals surface area contributed by atoms with Crippen LogP contribution in [0.5, 0.6) is 0 Å². The summed E-state index contributed by atoms with van der Waals surface area (Å²) in [4.78, 5) is 17.3. The molecular formula is C22H24FN5. The van der Waals surface area contributed by atoms with E-state index in [4.69, 9.17) is 5.73 Å². The minimum Gasteiger partial charge on any atom is -0.382 e. The van der Waals surface area contributed by atoms with E-state index in [0.29, 0.717) is 35.0 Å². The number of hydrogen-bond donors (Lipinski definition) is 1. The van der Waals surface area contributed by atoms with Crippen molar-refractivity contribution in [2.75, 3.05) is 5.73 Å². The van der Waals surface area contributed by atoms with Gasteiger partial charge in [0, 0.05) is 29.8 Å². The molecule has 1 aromatic carbocycles. The van der Waals surface area contributed by atoms with Crippen molar-refractivity contribution in [2.24, 2.45) is 0 Å². The highest BCUT2D eigenvalue weighted by atomic mass is 19.1. The van der Waals surface area contributed by atoms with Gasteiger partial charge in [-0.15, -0.1) is 0 Å². The lowest BCUT2D eigenvalue weighted by atomic mass is 9.77. The Hall–Kier alpha value is -2.89. The molecule has 1 aliphatic rings. The Bertz CT molecular complexity index is 981. The molecule has 0 atom stereocenters. The molecular weight excluding hydrogens is 353 g/mol. The number of aromatic nitrogens is 4. The van der Waals surface area contributed by atoms with Gasteiger partial charge in [-0.25, -0.2) is 19.3 Å². The van der Waals surface area contributed by atoms with Crippen LogP contribution < -0.4 is 5.73 Å². The van der Waals surface area contributed by atoms with E-state index in [-0.39, 0.29) is 11.7 Å². The van der Waals surface area contributed by atoms with Crippen molar-refractivity contribution >= 4 is 5.82 Å². The number of nitrogen functional groups attached to an aromatic ring is 1. The van der Waals surface area contributed by atoms with Gasteiger partial charge in [-0.3, -0.25) is 4.98 Å². The molecule has 4 rings (SSSR count). The van der Waals surface area contributed by atoms with Gasteiger partial charge in [-0.2, -0.15) is 0 Å². The first-order valence-corrected chi connectivity index (χ1v) is 9.74. The Morgan fingerprint density at radius 3 is 2.57 bits per heavy atom. The molecule has 0 saturated heterocycles. The third-order valence-electron chi connectivity index (χ3n) is 5.38. The summed E-state index contributed by atoms with van der Waals surface area (Å²) in [5, 5.41) is 0. The summed E-state index contributed by atoms with van der Waals surface area (Å²) in [7, 11) is 0. The maximum Gasteiger partial charge on any atom is 0.141 e. The Morgan fingerprint density at radius 1 is 1.11 bits per heavy atom. The van der Waals surface area contributed by atoms with Crippen molar-refractivity contribution in [3.05, 3.63) is 65.3 Å². The van der Waals surface area contributed by atoms with Crippen molar-refractivity contribution in [1.82, 2.24) is 19.9 Å². The van der Waals surface area contributed by atoms with Gasteiger partial charge in [0.05, 0.1) is 18.1 Å². The quantitative estimate of drug-likeness (QED) is 0.701. The van der Waals surface area contributed by atoms with E-state index < -0.39 is 0 Å². The van der Waals surface area contributed by atoms with Crippen molar-refractivity contribution in [3.8, 4) is 11.3 Å². The Balaban J connectivity index is 1.77. The molecule has 1 fully saturated rings. The van der Waals surface area contributed by atoms with E-state index in [1.165, 1.54) is 18.8 Å². The lowest BCUT2D eigenvalue weighted by Crippen LogP contribution is -2.14. The third kappa shape index (κ3) is 3.59. The SMILES string of the molecule is CC(C)c1nccc(Cc2c(C3CCC3)ccc(-c3cnc(N)cn3)c2F)n1. The Labute approximate surface area is 164 Å². The summed E-state index contributed by atoms with van der Waals surface area (Å²) in [5.41, 5.74) is 9.17. The average Bonchev–Trinajstić information content (AvgIpc) is 2.64. The summed E-state index contributed by atoms with van der Waals surface area (Å²) < 4.78 is 15.6. The third-order valence-corrected chi connectivity index (χ3v) is 5.38. The molecule has 1 aliphatic carbocycles. The largest absolute Gasteiger partial charge is 0.382 e. The molecule has 3 aromatic rings. The second-order valence-electron chi connectivity index (χ2n) is 7.69. The zero-order valence-corrected chi connectivity index (χ0v) is 16.2. The van der Waals surface area contributed by atoms with Crippen LogP contribution in [0.1, 0.15) is 67.6 Å². The first-order chi connectivity index (χ1) is 13.5. The first kappa shape index (κ1) is 18.5. The summed E-state index contributed by atoms with van der Waals surface area (Å²) in [6.45, 7) is 4.11. The van der Waals surface area contributed by atoms with Crippen molar-refractivity contribution in [1.29, 1.82) is 0 Å². The maximum atomic E-state index is 15.6. The highest BCUT2D eigenvalue weighted by Crippen LogP contribution is 2.40. The van der Waals surface area contributed by atoms with E-state index in [0.717, 1.165) is 29.9 Å². The minimum absolute atomic E-state index is 0.229. The van der Waals surface area contributed by atoms with Crippen LogP contribution in [-0.4, -0.2) is 19.9 Å². The van der Waals surface area contributed by atoms with E-state index in [2.05, 4.69) is 33.8 Å². The summed E-state index contributed by atoms with van der Waals surface area (Å²) in [6.07, 6.45) is 8.57. The van der Waals surface area contributed by atoms with Crippen LogP contribution in [0.15, 0.2) is 36.8 Å². The molecule has 28 heavy (non-hydrogen) atoms. The second kappa shape index (κ2) is 7.62. The lowest BCUT2D eigenvalue weighted by Gasteiger charge is -2.28. The monoisotopic (exact) mass is 377 g/mol. The van der Waals surface area contributed by atoms with Gasteiger partial charge >= 0.3 is 0 Å². The molecule has 2 N–H and O–H groups in total. The Kier molecular flexibility index (Phi) is 5.03. The van der Waals surface area contributed by atoms with Crippen LogP contribution in [0.3, 0.4) is 0 Å². The van der Waals surface area contributed by atoms with Crippen LogP contribution in [0, 0.1) is 5.82 Å². The normalized spacial score (nSPS) is 14.3. The number of halogens is 1. The fraction of sp³-hybridized carbons (Fsp3) is 0.364. The summed E-state index contributed by atoms with van der Waals surface area (Å²) >= 11 is 0. The molecule has 0 radical (unpaired) electrons. The van der Waals surface area contributed by atoms with Crippen LogP contribution >= 0.6 is 0 Å². The predicted molar refractivity (Wildman–Crippen MR) is 107 cm³/mol. The smallest absolute Gasteiger partial charge is 0.141 e. The minimum atomic E-state index is -0.242. The zero-order chi connectivity index (χ0) is 19.7. The van der Waals surface area contributed by atoms with Gasteiger partial charge in [-0.05, 0) is 42.0 Å². The van der Waals surface area contributed by atoms with Crippen LogP contribution in [0.25, 0.3) is 11.3 Å². The van der Waals surface area contributed by atoms with Gasteiger partial charge in [0.25, 0.3) is 0 Å². The van der Waals surface area contributed by atoms with E-state index in [1.54, 1.807) is 6.20 Å². The number of rotatable bonds is 5. The molecule has 2 heterocycles. The average molecular weight is 377 g/mol. The molecule has 0 amide bonds. The van der Waals surface area contributed by atoms with Gasteiger partial charge in [-0.1, -0.05) is 26.3 Å². The molecule has 1 saturated carbocycles. The number of nitrogens with two attached hydrogens (primary N) is 1. The molecule has 0 spiro atoms. The summed E-state index contributed by atoms with van der Waals surface area (Å²) in [5.74, 6) is 1.50. The second-order valence-corrected chi connectivity index (χ2v) is 7.69. The molecule has 5 nitrogen and oxygen atoms in total. The molecule has 0 bridgehead atoms. The molecule has 6 heteroatoms. The topological polar surface area (TPSA) is 77.6 Å². The molecule has 144 valence electrons. The van der Waals surface area contributed by atoms with Gasteiger partial charge < -0.3 is 5.73 Å². The highest BCUT2D eigenvalue weighted by Gasteiger charge is 2.26. The first-order valence-electron chi connectivity index (χ1n) is 9.74. The number of anilines is 1. The summed E-state index contributed by atoms with van der Waals surface area (Å²) in [6, 6.07) is 5.72. The maximum absolute atomic E-state index is 15.6. The zero-order valence-electron chi connectivity index (χ0n) is 16.2. The van der Waals surface area contributed by atoms with E-state index >= 15 is 4.39 Å². The molecule has 2 aromatic heterocycles. The fourth-order valence-corrected chi connectivity index (χ4v) is 3.56. The van der Waals surface area contributed by atoms with Gasteiger partial charge in [0.15, 0.2) is 0 Å². The van der Waals surface area contributed by atoms with Crippen LogP contribution in [0.2, 0.25) is 0 Å². The molecule has 0 unspecified atom stereocenters. The van der Waals surface area contributed by atoms with Crippen molar-refractivity contribution in [2.45, 2.75) is 51.4 Å². The Morgan fingerprint density at radius 2 is 1.93 bits per heavy atom. The van der Waals surface area contributed by atoms with Crippen LogP contribution in [0.4, 0.5) is 10.2 Å². The van der Waals surface area contributed by atoms with Crippen LogP contribution in [-0.2, 0) is 6.42 Å².